The number of carbonyl (C=O) groups excluding carboxylic acids is 1. The van der Waals surface area contributed by atoms with Gasteiger partial charge in [0, 0.05) is 57.6 Å². The third kappa shape index (κ3) is 5.73. The lowest BCUT2D eigenvalue weighted by Crippen LogP contribution is -2.50. The molecule has 0 radical (unpaired) electrons. The van der Waals surface area contributed by atoms with Crippen LogP contribution < -0.4 is 15.5 Å². The lowest BCUT2D eigenvalue weighted by atomic mass is 10.1. The molecule has 3 heterocycles. The Hall–Kier alpha value is -2.03. The van der Waals surface area contributed by atoms with Crippen molar-refractivity contribution in [2.24, 2.45) is 4.99 Å². The molecule has 0 aromatic carbocycles. The van der Waals surface area contributed by atoms with Gasteiger partial charge < -0.3 is 25.2 Å². The summed E-state index contributed by atoms with van der Waals surface area (Å²) in [4.78, 5) is 25.0. The Kier molecular flexibility index (Phi) is 7.76. The highest BCUT2D eigenvalue weighted by molar-refractivity contribution is 7.13. The summed E-state index contributed by atoms with van der Waals surface area (Å²) in [5.41, 5.74) is 1.14. The van der Waals surface area contributed by atoms with Crippen LogP contribution in [0, 0.1) is 0 Å². The van der Waals surface area contributed by atoms with E-state index in [2.05, 4.69) is 25.9 Å². The van der Waals surface area contributed by atoms with Crippen molar-refractivity contribution in [1.82, 2.24) is 20.5 Å². The number of ether oxygens (including phenoxy) is 1. The fourth-order valence-electron chi connectivity index (χ4n) is 3.58. The van der Waals surface area contributed by atoms with Gasteiger partial charge >= 0.3 is 6.09 Å². The number of nitrogens with zero attached hydrogens (tertiary/aromatic N) is 4. The van der Waals surface area contributed by atoms with Gasteiger partial charge in [0.05, 0.1) is 12.3 Å². The van der Waals surface area contributed by atoms with Crippen molar-refractivity contribution in [3.8, 4) is 0 Å². The standard InChI is InChI=1S/C19H32N6O2S/c1-3-27-19(26)25-12-7-15(8-13-25)22-17(20-2)21-9-6-16-14-28-18(23-16)24-10-4-5-11-24/h14-15H,3-13H2,1-2H3,(H2,20,21,22). The van der Waals surface area contributed by atoms with Crippen LogP contribution in [0.3, 0.4) is 0 Å². The van der Waals surface area contributed by atoms with Gasteiger partial charge in [0.1, 0.15) is 0 Å². The van der Waals surface area contributed by atoms with Crippen molar-refractivity contribution in [2.75, 3.05) is 51.3 Å². The first-order valence-electron chi connectivity index (χ1n) is 10.3. The van der Waals surface area contributed by atoms with Crippen LogP contribution >= 0.6 is 11.3 Å². The molecule has 2 N–H and O–H groups in total. The lowest BCUT2D eigenvalue weighted by Gasteiger charge is -2.32. The minimum absolute atomic E-state index is 0.208. The zero-order valence-corrected chi connectivity index (χ0v) is 17.8. The van der Waals surface area contributed by atoms with Crippen LogP contribution in [0.2, 0.25) is 0 Å². The van der Waals surface area contributed by atoms with Gasteiger partial charge in [-0.05, 0) is 32.6 Å². The largest absolute Gasteiger partial charge is 0.450 e. The summed E-state index contributed by atoms with van der Waals surface area (Å²) in [6.45, 7) is 6.75. The molecule has 156 valence electrons. The molecule has 2 fully saturated rings. The SMILES string of the molecule is CCOC(=O)N1CCC(NC(=NC)NCCc2csc(N3CCCC3)n2)CC1. The number of likely N-dealkylation sites (tertiary alicyclic amines) is 1. The number of hydrogen-bond acceptors (Lipinski definition) is 6. The first-order valence-corrected chi connectivity index (χ1v) is 11.2. The number of hydrogen-bond donors (Lipinski definition) is 2. The molecule has 28 heavy (non-hydrogen) atoms. The number of anilines is 1. The molecule has 1 aromatic rings. The van der Waals surface area contributed by atoms with Crippen LogP contribution in [0.5, 0.6) is 0 Å². The fourth-order valence-corrected chi connectivity index (χ4v) is 4.50. The molecule has 0 saturated carbocycles. The Labute approximate surface area is 171 Å². The van der Waals surface area contributed by atoms with Crippen molar-refractivity contribution < 1.29 is 9.53 Å². The summed E-state index contributed by atoms with van der Waals surface area (Å²) in [6.07, 6.45) is 5.01. The Bertz CT molecular complexity index is 651. The number of rotatable bonds is 6. The number of piperidine rings is 1. The van der Waals surface area contributed by atoms with Gasteiger partial charge in [0.2, 0.25) is 0 Å². The number of aromatic nitrogens is 1. The Balaban J connectivity index is 1.36. The van der Waals surface area contributed by atoms with E-state index in [0.29, 0.717) is 25.7 Å². The highest BCUT2D eigenvalue weighted by atomic mass is 32.1. The molecule has 2 aliphatic heterocycles. The molecule has 2 aliphatic rings. The molecule has 0 atom stereocenters. The average Bonchev–Trinajstić information content (AvgIpc) is 3.39. The van der Waals surface area contributed by atoms with Gasteiger partial charge in [-0.3, -0.25) is 4.99 Å². The second-order valence-corrected chi connectivity index (χ2v) is 8.01. The highest BCUT2D eigenvalue weighted by Gasteiger charge is 2.24. The molecule has 1 amide bonds. The van der Waals surface area contributed by atoms with Gasteiger partial charge in [0.15, 0.2) is 11.1 Å². The van der Waals surface area contributed by atoms with Crippen LogP contribution in [0.25, 0.3) is 0 Å². The van der Waals surface area contributed by atoms with Crippen molar-refractivity contribution in [3.05, 3.63) is 11.1 Å². The number of guanidine groups is 1. The molecule has 3 rings (SSSR count). The zero-order chi connectivity index (χ0) is 19.8. The summed E-state index contributed by atoms with van der Waals surface area (Å²) in [5.74, 6) is 0.810. The number of nitrogens with one attached hydrogen (secondary N) is 2. The summed E-state index contributed by atoms with van der Waals surface area (Å²) < 4.78 is 5.07. The van der Waals surface area contributed by atoms with Gasteiger partial charge in [-0.15, -0.1) is 11.3 Å². The highest BCUT2D eigenvalue weighted by Crippen LogP contribution is 2.24. The molecule has 0 spiro atoms. The quantitative estimate of drug-likeness (QED) is 0.554. The van der Waals surface area contributed by atoms with E-state index >= 15 is 0 Å². The normalized spacial score (nSPS) is 18.4. The summed E-state index contributed by atoms with van der Waals surface area (Å²) >= 11 is 1.74. The maximum atomic E-state index is 11.8. The van der Waals surface area contributed by atoms with Crippen LogP contribution in [-0.4, -0.2) is 74.4 Å². The Morgan fingerprint density at radius 2 is 2.07 bits per heavy atom. The van der Waals surface area contributed by atoms with E-state index < -0.39 is 0 Å². The molecule has 2 saturated heterocycles. The Morgan fingerprint density at radius 3 is 2.75 bits per heavy atom. The van der Waals surface area contributed by atoms with Crippen LogP contribution in [-0.2, 0) is 11.2 Å². The van der Waals surface area contributed by atoms with Crippen LogP contribution in [0.1, 0.15) is 38.3 Å². The van der Waals surface area contributed by atoms with Crippen molar-refractivity contribution in [2.45, 2.75) is 45.1 Å². The van der Waals surface area contributed by atoms with E-state index in [9.17, 15) is 4.79 Å². The maximum Gasteiger partial charge on any atom is 0.409 e. The predicted molar refractivity (Wildman–Crippen MR) is 113 cm³/mol. The van der Waals surface area contributed by atoms with E-state index in [1.807, 2.05) is 6.92 Å². The molecule has 8 nitrogen and oxygen atoms in total. The summed E-state index contributed by atoms with van der Waals surface area (Å²) in [7, 11) is 1.79. The average molecular weight is 409 g/mol. The van der Waals surface area contributed by atoms with Crippen molar-refractivity contribution in [1.29, 1.82) is 0 Å². The first kappa shape index (κ1) is 20.7. The van der Waals surface area contributed by atoms with Crippen LogP contribution in [0.4, 0.5) is 9.93 Å². The fraction of sp³-hybridized carbons (Fsp3) is 0.737. The number of aliphatic imine (C=N–C) groups is 1. The van der Waals surface area contributed by atoms with E-state index in [0.717, 1.165) is 55.7 Å². The second-order valence-electron chi connectivity index (χ2n) is 7.17. The van der Waals surface area contributed by atoms with Crippen LogP contribution in [0.15, 0.2) is 10.4 Å². The van der Waals surface area contributed by atoms with E-state index in [-0.39, 0.29) is 6.09 Å². The molecule has 0 aliphatic carbocycles. The molecular formula is C19H32N6O2S. The minimum Gasteiger partial charge on any atom is -0.450 e. The topological polar surface area (TPSA) is 82.1 Å². The molecule has 0 bridgehead atoms. The number of thiazole rings is 1. The third-order valence-corrected chi connectivity index (χ3v) is 6.13. The molecule has 9 heteroatoms. The van der Waals surface area contributed by atoms with E-state index in [4.69, 9.17) is 9.72 Å². The third-order valence-electron chi connectivity index (χ3n) is 5.18. The molecule has 0 unspecified atom stereocenters. The van der Waals surface area contributed by atoms with Crippen molar-refractivity contribution in [3.63, 3.8) is 0 Å². The summed E-state index contributed by atoms with van der Waals surface area (Å²) in [5, 5.41) is 10.2. The minimum atomic E-state index is -0.208. The van der Waals surface area contributed by atoms with Gasteiger partial charge in [-0.2, -0.15) is 0 Å². The van der Waals surface area contributed by atoms with Crippen molar-refractivity contribution >= 4 is 28.5 Å². The summed E-state index contributed by atoms with van der Waals surface area (Å²) in [6, 6.07) is 0.318. The second kappa shape index (κ2) is 10.5. The number of carbonyl (C=O) groups is 1. The molecular weight excluding hydrogens is 376 g/mol. The number of amides is 1. The molecule has 1 aromatic heterocycles. The first-order chi connectivity index (χ1) is 13.7. The predicted octanol–water partition coefficient (Wildman–Crippen LogP) is 2.07. The zero-order valence-electron chi connectivity index (χ0n) is 16.9. The van der Waals surface area contributed by atoms with Gasteiger partial charge in [-0.1, -0.05) is 0 Å². The monoisotopic (exact) mass is 408 g/mol. The smallest absolute Gasteiger partial charge is 0.409 e. The maximum absolute atomic E-state index is 11.8. The van der Waals surface area contributed by atoms with Gasteiger partial charge in [-0.25, -0.2) is 9.78 Å². The van der Waals surface area contributed by atoms with Gasteiger partial charge in [0.25, 0.3) is 0 Å². The Morgan fingerprint density at radius 1 is 1.32 bits per heavy atom. The lowest BCUT2D eigenvalue weighted by molar-refractivity contribution is 0.0963. The van der Waals surface area contributed by atoms with E-state index in [1.165, 1.54) is 12.8 Å². The van der Waals surface area contributed by atoms with E-state index in [1.54, 1.807) is 23.3 Å².